The van der Waals surface area contributed by atoms with E-state index in [0.717, 1.165) is 26.8 Å². The quantitative estimate of drug-likeness (QED) is 0.265. The van der Waals surface area contributed by atoms with Crippen LogP contribution in [0.1, 0.15) is 11.1 Å². The molecule has 172 valence electrons. The third-order valence-electron chi connectivity index (χ3n) is 3.86. The van der Waals surface area contributed by atoms with Gasteiger partial charge in [-0.2, -0.15) is 0 Å². The monoisotopic (exact) mass is 895 g/mol. The lowest BCUT2D eigenvalue weighted by Crippen LogP contribution is -1.92. The summed E-state index contributed by atoms with van der Waals surface area (Å²) < 4.78 is 11.3. The zero-order valence-corrected chi connectivity index (χ0v) is 28.2. The van der Waals surface area contributed by atoms with Crippen LogP contribution in [0.3, 0.4) is 0 Å². The molecule has 0 aromatic heterocycles. The molecule has 2 nitrogen and oxygen atoms in total. The van der Waals surface area contributed by atoms with Crippen LogP contribution >= 0.6 is 142 Å². The smallest absolute Gasteiger partial charge is 0.155 e. The zero-order valence-electron chi connectivity index (χ0n) is 15.7. The van der Waals surface area contributed by atoms with Gasteiger partial charge in [-0.25, -0.2) is 0 Å². The van der Waals surface area contributed by atoms with Crippen molar-refractivity contribution in [2.75, 3.05) is 0 Å². The molecule has 0 aliphatic rings. The highest BCUT2D eigenvalue weighted by Gasteiger charge is 2.17. The number of aliphatic hydroxyl groups is 1. The maximum atomic E-state index is 8.95. The van der Waals surface area contributed by atoms with E-state index in [1.807, 2.05) is 24.3 Å². The van der Waals surface area contributed by atoms with E-state index in [-0.39, 0.29) is 16.7 Å². The molecule has 0 fully saturated rings. The molecule has 0 saturated carbocycles. The molecule has 1 N–H and O–H groups in total. The van der Waals surface area contributed by atoms with Crippen LogP contribution in [-0.2, 0) is 6.61 Å². The summed E-state index contributed by atoms with van der Waals surface area (Å²) >= 11 is 44.2. The van der Waals surface area contributed by atoms with Crippen molar-refractivity contribution in [3.63, 3.8) is 0 Å². The van der Waals surface area contributed by atoms with Crippen molar-refractivity contribution in [3.8, 4) is 11.5 Å². The molecule has 0 radical (unpaired) electrons. The molecule has 0 aliphatic carbocycles. The maximum absolute atomic E-state index is 8.95. The van der Waals surface area contributed by atoms with Gasteiger partial charge in [-0.1, -0.05) is 78.3 Å². The summed E-state index contributed by atoms with van der Waals surface area (Å²) in [6.07, 6.45) is 0. The van der Waals surface area contributed by atoms with Gasteiger partial charge in [0.15, 0.2) is 11.5 Å². The van der Waals surface area contributed by atoms with E-state index in [1.165, 1.54) is 0 Å². The second-order valence-corrected chi connectivity index (χ2v) is 12.8. The predicted molar refractivity (Wildman–Crippen MR) is 156 cm³/mol. The van der Waals surface area contributed by atoms with Gasteiger partial charge in [0.05, 0.1) is 44.6 Å². The van der Waals surface area contributed by atoms with Crippen molar-refractivity contribution < 1.29 is 9.84 Å². The molecule has 0 amide bonds. The summed E-state index contributed by atoms with van der Waals surface area (Å²) in [5, 5.41) is 10.1. The average Bonchev–Trinajstić information content (AvgIpc) is 2.70. The van der Waals surface area contributed by atoms with Crippen molar-refractivity contribution in [1.82, 2.24) is 0 Å². The molecular weight excluding hydrogens is 893 g/mol. The summed E-state index contributed by atoms with van der Waals surface area (Å²) in [7, 11) is 0. The Morgan fingerprint density at radius 1 is 0.656 bits per heavy atom. The SMILES string of the molecule is Brc1cc(Br)c(Oc2c(Br)cc(Br)cc2Br)c(Br)c1.Cc1c(Cl)c(Cl)c(CO)c(Cl)c1Cl. The average molecular weight is 904 g/mol. The molecule has 3 aromatic carbocycles. The fourth-order valence-electron chi connectivity index (χ4n) is 2.28. The van der Waals surface area contributed by atoms with Crippen molar-refractivity contribution in [2.45, 2.75) is 13.5 Å². The minimum absolute atomic E-state index is 0.260. The van der Waals surface area contributed by atoms with Gasteiger partial charge < -0.3 is 9.84 Å². The predicted octanol–water partition coefficient (Wildman–Crippen LogP) is 12.2. The van der Waals surface area contributed by atoms with Crippen LogP contribution in [0.5, 0.6) is 11.5 Å². The van der Waals surface area contributed by atoms with Crippen LogP contribution in [-0.4, -0.2) is 5.11 Å². The zero-order chi connectivity index (χ0) is 24.3. The Hall–Kier alpha value is 1.46. The second-order valence-electron chi connectivity index (χ2n) is 6.02. The lowest BCUT2D eigenvalue weighted by atomic mass is 10.1. The fourth-order valence-corrected chi connectivity index (χ4v) is 8.23. The first kappa shape index (κ1) is 29.7. The minimum atomic E-state index is -0.280. The highest BCUT2D eigenvalue weighted by atomic mass is 79.9. The molecule has 3 aromatic rings. The van der Waals surface area contributed by atoms with Gasteiger partial charge in [0, 0.05) is 14.5 Å². The Kier molecular flexibility index (Phi) is 12.2. The Morgan fingerprint density at radius 2 is 0.969 bits per heavy atom. The van der Waals surface area contributed by atoms with Crippen LogP contribution in [0, 0.1) is 6.92 Å². The topological polar surface area (TPSA) is 29.5 Å². The van der Waals surface area contributed by atoms with Crippen molar-refractivity contribution in [2.24, 2.45) is 0 Å². The number of aliphatic hydroxyl groups excluding tert-OH is 1. The summed E-state index contributed by atoms with van der Waals surface area (Å²) in [6, 6.07) is 7.73. The Balaban J connectivity index is 0.000000244. The van der Waals surface area contributed by atoms with Crippen LogP contribution in [0.4, 0.5) is 0 Å². The summed E-state index contributed by atoms with van der Waals surface area (Å²) in [4.78, 5) is 0. The van der Waals surface area contributed by atoms with E-state index in [9.17, 15) is 0 Å². The number of ether oxygens (including phenoxy) is 1. The lowest BCUT2D eigenvalue weighted by molar-refractivity contribution is 0.282. The van der Waals surface area contributed by atoms with Gasteiger partial charge in [0.2, 0.25) is 0 Å². The van der Waals surface area contributed by atoms with Gasteiger partial charge in [0.1, 0.15) is 0 Å². The molecule has 3 rings (SSSR count). The number of hydrogen-bond donors (Lipinski definition) is 1. The van der Waals surface area contributed by atoms with Crippen molar-refractivity contribution >= 4 is 142 Å². The third-order valence-corrected chi connectivity index (χ3v) is 9.11. The highest BCUT2D eigenvalue weighted by Crippen LogP contribution is 2.44. The van der Waals surface area contributed by atoms with Crippen LogP contribution < -0.4 is 4.74 Å². The number of hydrogen-bond acceptors (Lipinski definition) is 2. The van der Waals surface area contributed by atoms with Gasteiger partial charge in [-0.3, -0.25) is 0 Å². The summed E-state index contributed by atoms with van der Waals surface area (Å²) in [5.41, 5.74) is 0.986. The molecule has 0 saturated heterocycles. The number of rotatable bonds is 3. The van der Waals surface area contributed by atoms with Gasteiger partial charge in [-0.05, 0) is 100 Å². The summed E-state index contributed by atoms with van der Waals surface area (Å²) in [5.74, 6) is 1.43. The molecule has 0 spiro atoms. The van der Waals surface area contributed by atoms with Crippen LogP contribution in [0.25, 0.3) is 0 Å². The molecule has 0 bridgehead atoms. The third kappa shape index (κ3) is 7.25. The van der Waals surface area contributed by atoms with Gasteiger partial charge >= 0.3 is 0 Å². The molecule has 32 heavy (non-hydrogen) atoms. The van der Waals surface area contributed by atoms with E-state index < -0.39 is 0 Å². The molecule has 12 heteroatoms. The number of benzene rings is 3. The van der Waals surface area contributed by atoms with E-state index in [4.69, 9.17) is 56.2 Å². The first-order valence-electron chi connectivity index (χ1n) is 8.28. The first-order chi connectivity index (χ1) is 14.9. The van der Waals surface area contributed by atoms with Gasteiger partial charge in [0.25, 0.3) is 0 Å². The van der Waals surface area contributed by atoms with Crippen molar-refractivity contribution in [1.29, 1.82) is 0 Å². The molecule has 0 aliphatic heterocycles. The van der Waals surface area contributed by atoms with E-state index in [2.05, 4.69) is 95.6 Å². The molecular formula is C20H10Br6Cl4O2. The highest BCUT2D eigenvalue weighted by molar-refractivity contribution is 9.12. The molecule has 0 unspecified atom stereocenters. The molecule has 0 heterocycles. The van der Waals surface area contributed by atoms with Crippen molar-refractivity contribution in [3.05, 3.63) is 82.3 Å². The minimum Gasteiger partial charge on any atom is -0.453 e. The maximum Gasteiger partial charge on any atom is 0.155 e. The Bertz CT molecular complexity index is 1040. The summed E-state index contributed by atoms with van der Waals surface area (Å²) in [6.45, 7) is 1.43. The van der Waals surface area contributed by atoms with E-state index in [1.54, 1.807) is 6.92 Å². The van der Waals surface area contributed by atoms with Gasteiger partial charge in [-0.15, -0.1) is 0 Å². The lowest BCUT2D eigenvalue weighted by Gasteiger charge is -2.13. The Labute approximate surface area is 256 Å². The normalized spacial score (nSPS) is 10.6. The van der Waals surface area contributed by atoms with E-state index >= 15 is 0 Å². The standard InChI is InChI=1S/C12H4Br6O.C8H6Cl4O/c13-5-1-7(15)11(8(16)2-5)19-12-9(17)3-6(14)4-10(12)18;1-3-5(9)7(11)4(2-13)8(12)6(3)10/h1-4H;13H,2H2,1H3. The molecule has 0 atom stereocenters. The fraction of sp³-hybridized carbons (Fsp3) is 0.100. The number of halogens is 10. The van der Waals surface area contributed by atoms with E-state index in [0.29, 0.717) is 32.7 Å². The Morgan fingerprint density at radius 3 is 1.25 bits per heavy atom. The second kappa shape index (κ2) is 13.1. The largest absolute Gasteiger partial charge is 0.453 e. The van der Waals surface area contributed by atoms with Crippen LogP contribution in [0.15, 0.2) is 51.1 Å². The van der Waals surface area contributed by atoms with Crippen LogP contribution in [0.2, 0.25) is 20.1 Å². The first-order valence-corrected chi connectivity index (χ1v) is 14.5.